The molecular formula is C50H42N4S2. The first kappa shape index (κ1) is 35.2. The highest BCUT2D eigenvalue weighted by molar-refractivity contribution is 7.14. The van der Waals surface area contributed by atoms with Gasteiger partial charge < -0.3 is 0 Å². The summed E-state index contributed by atoms with van der Waals surface area (Å²) in [5, 5.41) is 18.9. The van der Waals surface area contributed by atoms with Crippen LogP contribution in [-0.4, -0.2) is 0 Å². The molecule has 6 aliphatic rings. The number of allylic oxidation sites excluding steroid dienone is 4. The highest BCUT2D eigenvalue weighted by Gasteiger charge is 2.51. The van der Waals surface area contributed by atoms with E-state index in [1.54, 1.807) is 46.0 Å². The first-order chi connectivity index (χ1) is 27.4. The smallest absolute Gasteiger partial charge is 0.227 e. The van der Waals surface area contributed by atoms with Gasteiger partial charge in [-0.3, -0.25) is 0 Å². The van der Waals surface area contributed by atoms with Gasteiger partial charge in [0.25, 0.3) is 11.4 Å². The van der Waals surface area contributed by atoms with Crippen molar-refractivity contribution >= 4 is 58.1 Å². The van der Waals surface area contributed by atoms with E-state index in [-0.39, 0.29) is 27.6 Å². The fraction of sp³-hybridized carbons (Fsp3) is 0.360. The Hall–Kier alpha value is -5.24. The highest BCUT2D eigenvalue weighted by atomic mass is 32.1. The van der Waals surface area contributed by atoms with E-state index >= 15 is 0 Å². The zero-order valence-electron chi connectivity index (χ0n) is 31.6. The average molecular weight is 763 g/mol. The van der Waals surface area contributed by atoms with Crippen molar-refractivity contribution in [2.75, 3.05) is 0 Å². The van der Waals surface area contributed by atoms with E-state index in [1.165, 1.54) is 125 Å². The fourth-order valence-corrected chi connectivity index (χ4v) is 14.0. The number of thiophene rings is 2. The minimum Gasteiger partial charge on any atom is -0.227 e. The molecular weight excluding hydrogens is 721 g/mol. The number of fused-ring (bicyclic) bond motifs is 9. The normalized spacial score (nSPS) is 20.9. The zero-order chi connectivity index (χ0) is 38.1. The highest BCUT2D eigenvalue weighted by Crippen LogP contribution is 2.64. The van der Waals surface area contributed by atoms with Crippen LogP contribution in [0.25, 0.3) is 56.3 Å². The molecule has 0 aliphatic heterocycles. The van der Waals surface area contributed by atoms with E-state index < -0.39 is 0 Å². The third-order valence-electron chi connectivity index (χ3n) is 14.3. The molecule has 0 saturated heterocycles. The summed E-state index contributed by atoms with van der Waals surface area (Å²) in [4.78, 5) is 11.3. The largest absolute Gasteiger partial charge is 0.263 e. The summed E-state index contributed by atoms with van der Waals surface area (Å²) in [5.41, 5.74) is 15.0. The lowest BCUT2D eigenvalue weighted by Crippen LogP contribution is -2.30. The predicted molar refractivity (Wildman–Crippen MR) is 230 cm³/mol. The Morgan fingerprint density at radius 2 is 0.929 bits per heavy atom. The molecule has 10 rings (SSSR count). The maximum atomic E-state index is 9.45. The van der Waals surface area contributed by atoms with Gasteiger partial charge in [0, 0.05) is 35.8 Å². The maximum absolute atomic E-state index is 9.45. The van der Waals surface area contributed by atoms with Crippen LogP contribution in [0.4, 0.5) is 0 Å². The van der Waals surface area contributed by atoms with E-state index in [0.29, 0.717) is 0 Å². The van der Waals surface area contributed by atoms with Gasteiger partial charge in [0.1, 0.15) is 0 Å². The van der Waals surface area contributed by atoms with Crippen molar-refractivity contribution in [3.8, 4) is 23.3 Å². The Labute approximate surface area is 338 Å². The Balaban J connectivity index is 1.12. The van der Waals surface area contributed by atoms with E-state index in [4.69, 9.17) is 13.1 Å². The van der Waals surface area contributed by atoms with Gasteiger partial charge in [-0.1, -0.05) is 57.8 Å². The Kier molecular flexibility index (Phi) is 8.46. The molecule has 0 bridgehead atoms. The third kappa shape index (κ3) is 5.16. The first-order valence-corrected chi connectivity index (χ1v) is 22.1. The van der Waals surface area contributed by atoms with Gasteiger partial charge in [-0.2, -0.15) is 0 Å². The van der Waals surface area contributed by atoms with E-state index in [1.807, 2.05) is 12.1 Å². The van der Waals surface area contributed by atoms with Crippen LogP contribution in [0.1, 0.15) is 149 Å². The van der Waals surface area contributed by atoms with Crippen molar-refractivity contribution in [1.82, 2.24) is 0 Å². The van der Waals surface area contributed by atoms with Crippen LogP contribution in [-0.2, 0) is 16.2 Å². The molecule has 0 radical (unpaired) electrons. The van der Waals surface area contributed by atoms with Crippen LogP contribution in [0.3, 0.4) is 0 Å². The molecule has 3 saturated carbocycles. The monoisotopic (exact) mass is 762 g/mol. The first-order valence-electron chi connectivity index (χ1n) is 20.5. The number of hydrogen-bond donors (Lipinski definition) is 0. The number of hydrogen-bond acceptors (Lipinski definition) is 4. The van der Waals surface area contributed by atoms with Crippen molar-refractivity contribution in [2.45, 2.75) is 113 Å². The van der Waals surface area contributed by atoms with Gasteiger partial charge in [-0.15, -0.1) is 22.7 Å². The van der Waals surface area contributed by atoms with Crippen molar-refractivity contribution in [2.24, 2.45) is 0 Å². The third-order valence-corrected chi connectivity index (χ3v) is 16.4. The van der Waals surface area contributed by atoms with Crippen LogP contribution in [0.15, 0.2) is 59.9 Å². The summed E-state index contributed by atoms with van der Waals surface area (Å²) >= 11 is 3.44. The molecule has 4 nitrogen and oxygen atoms in total. The Morgan fingerprint density at radius 1 is 0.536 bits per heavy atom. The SMILES string of the molecule is [C-]#[N+]/C(C#N)=C\c1ccc(C2=Cc3cc4c(cc3C23CCCCC3)-c2cc3c(cc2C42CCCCC2)C=C(c2ccc(/C=C(\C#N)[N+]#[C-])s2)C32CCCCC2)s1. The standard InChI is InChI=1S/C50H42N4S2/c1-53-34(30-51)26-36-12-14-46(55-36)44-24-32-22-42-38(28-40(32)48(44)16-6-3-7-17-48)39-29-41-33(23-43(39)50(42)20-10-5-11-21-50)25-45(49(41)18-8-4-9-19-49)47-15-13-37(56-47)27-35(31-52)54-2/h12-15,22-29H,3-11,16-21H2/b34-26-,35-27+. The second kappa shape index (κ2) is 13.5. The van der Waals surface area contributed by atoms with Gasteiger partial charge in [0.15, 0.2) is 0 Å². The summed E-state index contributed by atoms with van der Waals surface area (Å²) in [6.45, 7) is 14.8. The summed E-state index contributed by atoms with van der Waals surface area (Å²) in [5.74, 6) is 0. The maximum Gasteiger partial charge on any atom is 0.263 e. The molecule has 2 aromatic carbocycles. The number of nitrogens with zero attached hydrogens (tertiary/aromatic N) is 4. The molecule has 4 aromatic rings. The number of rotatable bonds is 4. The Bertz CT molecular complexity index is 2420. The number of benzene rings is 2. The van der Waals surface area contributed by atoms with Crippen molar-refractivity contribution in [3.63, 3.8) is 0 Å². The van der Waals surface area contributed by atoms with Gasteiger partial charge in [0.05, 0.1) is 25.3 Å². The summed E-state index contributed by atoms with van der Waals surface area (Å²) in [6.07, 6.45) is 26.8. The molecule has 2 heterocycles. The van der Waals surface area contributed by atoms with Crippen LogP contribution in [0.2, 0.25) is 0 Å². The van der Waals surface area contributed by atoms with Gasteiger partial charge >= 0.3 is 0 Å². The molecule has 56 heavy (non-hydrogen) atoms. The minimum absolute atomic E-state index is 0.0190. The lowest BCUT2D eigenvalue weighted by atomic mass is 9.65. The molecule has 6 heteroatoms. The van der Waals surface area contributed by atoms with Crippen LogP contribution >= 0.6 is 22.7 Å². The van der Waals surface area contributed by atoms with Crippen molar-refractivity contribution in [1.29, 1.82) is 10.5 Å². The van der Waals surface area contributed by atoms with E-state index in [0.717, 1.165) is 35.4 Å². The lowest BCUT2D eigenvalue weighted by Gasteiger charge is -2.39. The van der Waals surface area contributed by atoms with Crippen LogP contribution < -0.4 is 0 Å². The second-order valence-electron chi connectivity index (χ2n) is 16.9. The molecule has 0 amide bonds. The predicted octanol–water partition coefficient (Wildman–Crippen LogP) is 14.1. The minimum atomic E-state index is -0.0190. The quantitative estimate of drug-likeness (QED) is 0.154. The molecule has 0 atom stereocenters. The van der Waals surface area contributed by atoms with E-state index in [2.05, 4.69) is 70.4 Å². The molecule has 0 N–H and O–H groups in total. The number of nitriles is 2. The molecule has 3 fully saturated rings. The van der Waals surface area contributed by atoms with Crippen LogP contribution in [0, 0.1) is 35.8 Å². The van der Waals surface area contributed by atoms with Gasteiger partial charge in [0.2, 0.25) is 0 Å². The Morgan fingerprint density at radius 3 is 1.30 bits per heavy atom. The lowest BCUT2D eigenvalue weighted by molar-refractivity contribution is 0.351. The summed E-state index contributed by atoms with van der Waals surface area (Å²) < 4.78 is 0. The fourth-order valence-electron chi connectivity index (χ4n) is 11.9. The van der Waals surface area contributed by atoms with Gasteiger partial charge in [-0.05, 0) is 167 Å². The van der Waals surface area contributed by atoms with Crippen molar-refractivity contribution in [3.05, 3.63) is 136 Å². The van der Waals surface area contributed by atoms with Crippen molar-refractivity contribution < 1.29 is 0 Å². The molecule has 3 spiro atoms. The molecule has 2 aromatic heterocycles. The molecule has 274 valence electrons. The second-order valence-corrected chi connectivity index (χ2v) is 19.2. The van der Waals surface area contributed by atoms with E-state index in [9.17, 15) is 10.5 Å². The summed E-state index contributed by atoms with van der Waals surface area (Å²) in [6, 6.07) is 23.3. The molecule has 6 aliphatic carbocycles. The molecule has 0 unspecified atom stereocenters. The van der Waals surface area contributed by atoms with Gasteiger partial charge in [-0.25, -0.2) is 20.2 Å². The summed E-state index contributed by atoms with van der Waals surface area (Å²) in [7, 11) is 0. The topological polar surface area (TPSA) is 56.3 Å². The zero-order valence-corrected chi connectivity index (χ0v) is 33.3. The average Bonchev–Trinajstić information content (AvgIpc) is 4.06. The van der Waals surface area contributed by atoms with Crippen LogP contribution in [0.5, 0.6) is 0 Å².